The van der Waals surface area contributed by atoms with E-state index in [1.807, 2.05) is 37.2 Å². The fourth-order valence-corrected chi connectivity index (χ4v) is 3.53. The Morgan fingerprint density at radius 2 is 1.91 bits per heavy atom. The van der Waals surface area contributed by atoms with Crippen molar-refractivity contribution in [1.29, 1.82) is 0 Å². The van der Waals surface area contributed by atoms with Crippen molar-refractivity contribution in [3.8, 4) is 0 Å². The van der Waals surface area contributed by atoms with E-state index in [9.17, 15) is 13.2 Å². The zero-order valence-corrected chi connectivity index (χ0v) is 20.8. The van der Waals surface area contributed by atoms with Crippen molar-refractivity contribution in [3.05, 3.63) is 59.3 Å². The number of alkyl halides is 3. The number of hydrogen-bond acceptors (Lipinski definition) is 4. The first kappa shape index (κ1) is 26.2. The summed E-state index contributed by atoms with van der Waals surface area (Å²) in [6.45, 7) is 2.87. The summed E-state index contributed by atoms with van der Waals surface area (Å²) in [5, 5.41) is 6.72. The first-order valence-corrected chi connectivity index (χ1v) is 10.2. The topological polar surface area (TPSA) is 55.8 Å². The van der Waals surface area contributed by atoms with Crippen LogP contribution < -0.4 is 15.5 Å². The van der Waals surface area contributed by atoms with E-state index in [0.29, 0.717) is 19.0 Å². The molecule has 3 rings (SSSR count). The van der Waals surface area contributed by atoms with E-state index in [1.165, 1.54) is 0 Å². The van der Waals surface area contributed by atoms with Crippen LogP contribution in [0.4, 0.5) is 19.0 Å². The average molecular weight is 562 g/mol. The minimum absolute atomic E-state index is 0. The molecule has 1 aromatic heterocycles. The van der Waals surface area contributed by atoms with Crippen molar-refractivity contribution >= 4 is 35.8 Å². The van der Waals surface area contributed by atoms with Crippen LogP contribution in [0.25, 0.3) is 0 Å². The quantitative estimate of drug-likeness (QED) is 0.320. The van der Waals surface area contributed by atoms with Crippen molar-refractivity contribution < 1.29 is 13.2 Å². The highest BCUT2D eigenvalue weighted by molar-refractivity contribution is 14.0. The monoisotopic (exact) mass is 562 g/mol. The number of nitrogens with zero attached hydrogens (tertiary/aromatic N) is 4. The number of rotatable bonds is 6. The number of guanidine groups is 1. The molecule has 1 atom stereocenters. The molecule has 2 heterocycles. The number of halogens is 4. The fraction of sp³-hybridized carbons (Fsp3) is 0.455. The number of nitrogens with one attached hydrogen (secondary N) is 2. The predicted molar refractivity (Wildman–Crippen MR) is 132 cm³/mol. The Kier molecular flexibility index (Phi) is 9.56. The first-order chi connectivity index (χ1) is 14.7. The number of benzene rings is 1. The van der Waals surface area contributed by atoms with Crippen LogP contribution in [-0.2, 0) is 19.3 Å². The van der Waals surface area contributed by atoms with Gasteiger partial charge in [-0.15, -0.1) is 24.0 Å². The number of likely N-dealkylation sites (tertiary alicyclic amines) is 1. The van der Waals surface area contributed by atoms with Crippen LogP contribution in [0.5, 0.6) is 0 Å². The van der Waals surface area contributed by atoms with Crippen molar-refractivity contribution in [2.75, 3.05) is 39.1 Å². The molecule has 0 amide bonds. The van der Waals surface area contributed by atoms with Gasteiger partial charge in [0.2, 0.25) is 0 Å². The van der Waals surface area contributed by atoms with Gasteiger partial charge in [0.25, 0.3) is 0 Å². The lowest BCUT2D eigenvalue weighted by Gasteiger charge is -2.19. The molecule has 1 unspecified atom stereocenters. The second kappa shape index (κ2) is 11.7. The van der Waals surface area contributed by atoms with Crippen LogP contribution in [0.3, 0.4) is 0 Å². The molecule has 10 heteroatoms. The van der Waals surface area contributed by atoms with Gasteiger partial charge in [0.15, 0.2) is 5.96 Å². The third kappa shape index (κ3) is 7.51. The molecule has 32 heavy (non-hydrogen) atoms. The highest BCUT2D eigenvalue weighted by Crippen LogP contribution is 2.29. The van der Waals surface area contributed by atoms with Crippen LogP contribution in [0.15, 0.2) is 47.5 Å². The normalized spacial score (nSPS) is 17.1. The molecule has 1 saturated heterocycles. The van der Waals surface area contributed by atoms with E-state index < -0.39 is 11.7 Å². The van der Waals surface area contributed by atoms with Crippen LogP contribution >= 0.6 is 24.0 Å². The molecule has 0 aliphatic carbocycles. The molecular weight excluding hydrogens is 532 g/mol. The van der Waals surface area contributed by atoms with Gasteiger partial charge in [-0.3, -0.25) is 9.89 Å². The van der Waals surface area contributed by atoms with Gasteiger partial charge in [-0.25, -0.2) is 4.98 Å². The third-order valence-electron chi connectivity index (χ3n) is 5.21. The van der Waals surface area contributed by atoms with Gasteiger partial charge in [0, 0.05) is 46.8 Å². The van der Waals surface area contributed by atoms with Crippen LogP contribution in [-0.4, -0.2) is 56.1 Å². The molecule has 1 fully saturated rings. The van der Waals surface area contributed by atoms with Gasteiger partial charge >= 0.3 is 6.18 Å². The van der Waals surface area contributed by atoms with Crippen molar-refractivity contribution in [1.82, 2.24) is 20.5 Å². The molecule has 1 aromatic carbocycles. The Balaban J connectivity index is 0.00000363. The first-order valence-electron chi connectivity index (χ1n) is 10.2. The summed E-state index contributed by atoms with van der Waals surface area (Å²) < 4.78 is 38.1. The van der Waals surface area contributed by atoms with E-state index in [-0.39, 0.29) is 30.0 Å². The molecule has 0 bridgehead atoms. The summed E-state index contributed by atoms with van der Waals surface area (Å²) >= 11 is 0. The third-order valence-corrected chi connectivity index (χ3v) is 5.21. The van der Waals surface area contributed by atoms with Gasteiger partial charge < -0.3 is 15.5 Å². The number of anilines is 1. The molecule has 2 aromatic rings. The summed E-state index contributed by atoms with van der Waals surface area (Å²) in [4.78, 5) is 13.1. The summed E-state index contributed by atoms with van der Waals surface area (Å²) in [7, 11) is 5.64. The maximum atomic E-state index is 12.7. The average Bonchev–Trinajstić information content (AvgIpc) is 3.17. The maximum Gasteiger partial charge on any atom is 0.416 e. The summed E-state index contributed by atoms with van der Waals surface area (Å²) in [5.74, 6) is 1.61. The molecule has 6 nitrogen and oxygen atoms in total. The Morgan fingerprint density at radius 1 is 1.19 bits per heavy atom. The molecule has 0 radical (unpaired) electrons. The SMILES string of the molecule is CN=C(NCc1cccc(N(C)C)n1)NC1CCN(Cc2ccc(C(F)(F)F)cc2)C1.I. The summed E-state index contributed by atoms with van der Waals surface area (Å²) in [6, 6.07) is 11.5. The second-order valence-corrected chi connectivity index (χ2v) is 7.87. The van der Waals surface area contributed by atoms with E-state index in [2.05, 4.69) is 25.5 Å². The maximum absolute atomic E-state index is 12.7. The van der Waals surface area contributed by atoms with E-state index in [4.69, 9.17) is 0 Å². The number of hydrogen-bond donors (Lipinski definition) is 2. The van der Waals surface area contributed by atoms with Crippen molar-refractivity contribution in [2.45, 2.75) is 31.7 Å². The van der Waals surface area contributed by atoms with Crippen LogP contribution in [0.1, 0.15) is 23.2 Å². The smallest absolute Gasteiger partial charge is 0.363 e. The second-order valence-electron chi connectivity index (χ2n) is 7.87. The highest BCUT2D eigenvalue weighted by atomic mass is 127. The van der Waals surface area contributed by atoms with Gasteiger partial charge in [-0.1, -0.05) is 18.2 Å². The molecule has 0 spiro atoms. The molecule has 0 saturated carbocycles. The van der Waals surface area contributed by atoms with E-state index in [0.717, 1.165) is 48.7 Å². The standard InChI is InChI=1S/C22H29F3N6.HI/c1-26-21(27-13-18-5-4-6-20(28-18)30(2)3)29-19-11-12-31(15-19)14-16-7-9-17(10-8-16)22(23,24)25;/h4-10,19H,11-15H2,1-3H3,(H2,26,27,29);1H. The number of pyridine rings is 1. The lowest BCUT2D eigenvalue weighted by atomic mass is 10.1. The lowest BCUT2D eigenvalue weighted by molar-refractivity contribution is -0.137. The molecular formula is C22H30F3IN6. The zero-order valence-electron chi connectivity index (χ0n) is 18.5. The Labute approximate surface area is 204 Å². The highest BCUT2D eigenvalue weighted by Gasteiger charge is 2.30. The van der Waals surface area contributed by atoms with Gasteiger partial charge in [0.1, 0.15) is 5.82 Å². The summed E-state index contributed by atoms with van der Waals surface area (Å²) in [6.07, 6.45) is -3.36. The minimum Gasteiger partial charge on any atom is -0.363 e. The Bertz CT molecular complexity index is 886. The largest absolute Gasteiger partial charge is 0.416 e. The van der Waals surface area contributed by atoms with Crippen LogP contribution in [0.2, 0.25) is 0 Å². The zero-order chi connectivity index (χ0) is 22.4. The molecule has 1 aliphatic heterocycles. The van der Waals surface area contributed by atoms with E-state index in [1.54, 1.807) is 19.2 Å². The number of aromatic nitrogens is 1. The lowest BCUT2D eigenvalue weighted by Crippen LogP contribution is -2.44. The predicted octanol–water partition coefficient (Wildman–Crippen LogP) is 3.72. The fourth-order valence-electron chi connectivity index (χ4n) is 3.53. The van der Waals surface area contributed by atoms with Crippen molar-refractivity contribution in [2.24, 2.45) is 4.99 Å². The Hall–Kier alpha value is -2.08. The summed E-state index contributed by atoms with van der Waals surface area (Å²) in [5.41, 5.74) is 1.19. The Morgan fingerprint density at radius 3 is 2.53 bits per heavy atom. The van der Waals surface area contributed by atoms with Crippen LogP contribution in [0, 0.1) is 0 Å². The van der Waals surface area contributed by atoms with Gasteiger partial charge in [0.05, 0.1) is 17.8 Å². The molecule has 176 valence electrons. The molecule has 2 N–H and O–H groups in total. The minimum atomic E-state index is -4.30. The number of aliphatic imine (C=N–C) groups is 1. The van der Waals surface area contributed by atoms with E-state index >= 15 is 0 Å². The van der Waals surface area contributed by atoms with Gasteiger partial charge in [-0.05, 0) is 36.2 Å². The van der Waals surface area contributed by atoms with Gasteiger partial charge in [-0.2, -0.15) is 13.2 Å². The molecule has 1 aliphatic rings. The van der Waals surface area contributed by atoms with Crippen molar-refractivity contribution in [3.63, 3.8) is 0 Å².